The minimum Gasteiger partial charge on any atom is -0.494 e. The van der Waals surface area contributed by atoms with E-state index >= 15 is 4.39 Å². The van der Waals surface area contributed by atoms with Crippen LogP contribution in [-0.2, 0) is 29.1 Å². The fourth-order valence-corrected chi connectivity index (χ4v) is 10.5. The number of aromatic nitrogens is 1. The summed E-state index contributed by atoms with van der Waals surface area (Å²) >= 11 is 0. The molecule has 4 amide bonds. The van der Waals surface area contributed by atoms with Crippen molar-refractivity contribution in [3.63, 3.8) is 0 Å². The summed E-state index contributed by atoms with van der Waals surface area (Å²) in [5, 5.41) is 5.67. The number of carbonyl (C=O) groups excluding carboxylic acids is 4. The molecule has 5 fully saturated rings. The number of rotatable bonds is 8. The summed E-state index contributed by atoms with van der Waals surface area (Å²) in [5.41, 5.74) is -1.54. The van der Waals surface area contributed by atoms with Crippen molar-refractivity contribution in [1.82, 2.24) is 25.2 Å². The Labute approximate surface area is 325 Å². The number of nitrogens with zero attached hydrogens (tertiary/aromatic N) is 2. The van der Waals surface area contributed by atoms with Crippen molar-refractivity contribution < 1.29 is 46.2 Å². The van der Waals surface area contributed by atoms with Crippen LogP contribution in [0.4, 0.5) is 9.18 Å². The van der Waals surface area contributed by atoms with E-state index in [1.165, 1.54) is 30.3 Å². The first kappa shape index (κ1) is 38.4. The quantitative estimate of drug-likeness (QED) is 0.329. The SMILES string of the molecule is COc1ccc2c(O[C@@H]3C[C@H]4C(=O)N[C@]5(C(=O)NS(=O)(=O)C6CC6)CC5/C=C\CC[C@H](C)C[C@@H](C)[C@H](NC(=O)O[C@@H]5C[C@@H]6C[C@@H]6C5)C(=O)N4C3)nccc2c1F. The van der Waals surface area contributed by atoms with Crippen LogP contribution in [0.3, 0.4) is 0 Å². The smallest absolute Gasteiger partial charge is 0.408 e. The lowest BCUT2D eigenvalue weighted by molar-refractivity contribution is -0.142. The number of alkyl carbamates (subject to hydrolysis) is 1. The van der Waals surface area contributed by atoms with Crippen LogP contribution in [0.1, 0.15) is 78.1 Å². The summed E-state index contributed by atoms with van der Waals surface area (Å²) in [7, 11) is -2.56. The molecule has 14 nitrogen and oxygen atoms in total. The Balaban J connectivity index is 1.10. The average molecular weight is 796 g/mol. The van der Waals surface area contributed by atoms with Crippen LogP contribution in [0.5, 0.6) is 11.6 Å². The zero-order valence-corrected chi connectivity index (χ0v) is 32.7. The number of pyridine rings is 1. The van der Waals surface area contributed by atoms with Crippen LogP contribution in [-0.4, -0.2) is 90.9 Å². The Bertz CT molecular complexity index is 2050. The molecule has 1 saturated heterocycles. The lowest BCUT2D eigenvalue weighted by Gasteiger charge is -2.33. The maximum absolute atomic E-state index is 15.2. The first-order valence-corrected chi connectivity index (χ1v) is 21.4. The molecule has 0 bridgehead atoms. The maximum Gasteiger partial charge on any atom is 0.408 e. The van der Waals surface area contributed by atoms with Gasteiger partial charge in [0.25, 0.3) is 5.91 Å². The highest BCUT2D eigenvalue weighted by Crippen LogP contribution is 2.52. The molecule has 1 aromatic heterocycles. The number of hydrogen-bond acceptors (Lipinski definition) is 10. The van der Waals surface area contributed by atoms with E-state index in [9.17, 15) is 27.6 Å². The Morgan fingerprint density at radius 2 is 1.77 bits per heavy atom. The lowest BCUT2D eigenvalue weighted by Crippen LogP contribution is -2.59. The second-order valence-corrected chi connectivity index (χ2v) is 18.9. The van der Waals surface area contributed by atoms with Crippen LogP contribution >= 0.6 is 0 Å². The molecule has 16 heteroatoms. The van der Waals surface area contributed by atoms with Crippen molar-refractivity contribution in [2.75, 3.05) is 13.7 Å². The molecule has 302 valence electrons. The fourth-order valence-electron chi connectivity index (χ4n) is 9.15. The topological polar surface area (TPSA) is 182 Å². The van der Waals surface area contributed by atoms with E-state index in [-0.39, 0.29) is 54.3 Å². The number of halogens is 1. The standard InChI is InChI=1S/C40H50FN5O9S/c1-21-6-4-5-7-25-19-40(25,38(49)45-56(51,52)28-8-9-28)44-35(47)31-18-27(54-36-30-10-11-32(53-3)33(41)29(30)12-13-42-36)20-46(31)37(48)34(22(2)14-21)43-39(50)55-26-16-23-15-24(23)17-26/h5,7,10-13,21-28,31,34H,4,6,8-9,14-20H2,1-3H3,(H,43,50)(H,44,47)(H,45,49)/b7-5-/t21-,22+,23-,24+,25?,26+,27+,31-,34-,40+/m0/s1. The normalized spacial score (nSPS) is 34.8. The first-order chi connectivity index (χ1) is 26.8. The molecule has 56 heavy (non-hydrogen) atoms. The average Bonchev–Trinajstić information content (AvgIpc) is 4.12. The number of sulfonamides is 1. The molecule has 10 atom stereocenters. The van der Waals surface area contributed by atoms with E-state index < -0.39 is 74.5 Å². The van der Waals surface area contributed by atoms with Gasteiger partial charge in [-0.1, -0.05) is 26.0 Å². The van der Waals surface area contributed by atoms with Gasteiger partial charge in [0.15, 0.2) is 11.6 Å². The van der Waals surface area contributed by atoms with Gasteiger partial charge in [0.1, 0.15) is 29.8 Å². The van der Waals surface area contributed by atoms with Crippen LogP contribution in [0.2, 0.25) is 0 Å². The third-order valence-corrected chi connectivity index (χ3v) is 14.5. The molecule has 4 saturated carbocycles. The Hall–Kier alpha value is -4.47. The number of carbonyl (C=O) groups is 4. The predicted molar refractivity (Wildman–Crippen MR) is 201 cm³/mol. The van der Waals surface area contributed by atoms with Crippen molar-refractivity contribution >= 4 is 44.6 Å². The molecular weight excluding hydrogens is 746 g/mol. The minimum absolute atomic E-state index is 0.0281. The highest BCUT2D eigenvalue weighted by atomic mass is 32.2. The Kier molecular flexibility index (Phi) is 10.1. The van der Waals surface area contributed by atoms with Crippen molar-refractivity contribution in [2.45, 2.75) is 113 Å². The number of nitrogens with one attached hydrogen (secondary N) is 3. The van der Waals surface area contributed by atoms with E-state index in [0.29, 0.717) is 42.9 Å². The van der Waals surface area contributed by atoms with Crippen LogP contribution < -0.4 is 24.8 Å². The van der Waals surface area contributed by atoms with Crippen LogP contribution in [0.25, 0.3) is 10.8 Å². The molecule has 0 radical (unpaired) electrons. The minimum atomic E-state index is -3.92. The molecule has 4 aliphatic carbocycles. The summed E-state index contributed by atoms with van der Waals surface area (Å²) in [5.74, 6) is -1.94. The number of fused-ring (bicyclic) bond motifs is 4. The summed E-state index contributed by atoms with van der Waals surface area (Å²) in [6.45, 7) is 3.89. The zero-order chi connectivity index (χ0) is 39.5. The van der Waals surface area contributed by atoms with Crippen molar-refractivity contribution in [2.24, 2.45) is 29.6 Å². The van der Waals surface area contributed by atoms with Crippen LogP contribution in [0, 0.1) is 35.4 Å². The third kappa shape index (κ3) is 7.64. The van der Waals surface area contributed by atoms with Gasteiger partial charge in [-0.3, -0.25) is 19.1 Å². The molecule has 6 aliphatic rings. The zero-order valence-electron chi connectivity index (χ0n) is 31.9. The number of benzene rings is 1. The maximum atomic E-state index is 15.2. The summed E-state index contributed by atoms with van der Waals surface area (Å²) in [6.07, 6.45) is 9.36. The molecule has 2 aromatic rings. The Morgan fingerprint density at radius 3 is 2.50 bits per heavy atom. The number of allylic oxidation sites excluding steroid dienone is 1. The second kappa shape index (κ2) is 14.8. The summed E-state index contributed by atoms with van der Waals surface area (Å²) in [4.78, 5) is 62.2. The monoisotopic (exact) mass is 795 g/mol. The predicted octanol–water partition coefficient (Wildman–Crippen LogP) is 4.12. The molecule has 3 N–H and O–H groups in total. The van der Waals surface area contributed by atoms with Gasteiger partial charge in [0.05, 0.1) is 18.9 Å². The molecule has 1 aromatic carbocycles. The largest absolute Gasteiger partial charge is 0.494 e. The lowest BCUT2D eigenvalue weighted by atomic mass is 9.88. The van der Waals surface area contributed by atoms with Gasteiger partial charge in [0.2, 0.25) is 27.7 Å². The van der Waals surface area contributed by atoms with Gasteiger partial charge in [-0.15, -0.1) is 0 Å². The molecule has 1 unspecified atom stereocenters. The van der Waals surface area contributed by atoms with Gasteiger partial charge < -0.3 is 29.7 Å². The van der Waals surface area contributed by atoms with Gasteiger partial charge in [-0.25, -0.2) is 22.6 Å². The molecule has 3 heterocycles. The van der Waals surface area contributed by atoms with Gasteiger partial charge in [-0.05, 0) is 99.7 Å². The van der Waals surface area contributed by atoms with E-state index in [1.54, 1.807) is 6.07 Å². The van der Waals surface area contributed by atoms with Crippen molar-refractivity contribution in [3.05, 3.63) is 42.4 Å². The van der Waals surface area contributed by atoms with E-state index in [1.807, 2.05) is 19.1 Å². The van der Waals surface area contributed by atoms with E-state index in [2.05, 4.69) is 27.3 Å². The third-order valence-electron chi connectivity index (χ3n) is 12.7. The summed E-state index contributed by atoms with van der Waals surface area (Å²) < 4.78 is 60.5. The molecule has 2 aliphatic heterocycles. The van der Waals surface area contributed by atoms with Crippen LogP contribution in [0.15, 0.2) is 36.5 Å². The first-order valence-electron chi connectivity index (χ1n) is 19.9. The van der Waals surface area contributed by atoms with E-state index in [4.69, 9.17) is 14.2 Å². The molecule has 0 spiro atoms. The number of hydrogen-bond donors (Lipinski definition) is 3. The molecular formula is C40H50FN5O9S. The van der Waals surface area contributed by atoms with Gasteiger partial charge >= 0.3 is 6.09 Å². The number of amides is 4. The highest BCUT2D eigenvalue weighted by molar-refractivity contribution is 7.91. The van der Waals surface area contributed by atoms with Crippen molar-refractivity contribution in [1.29, 1.82) is 0 Å². The summed E-state index contributed by atoms with van der Waals surface area (Å²) in [6, 6.07) is 2.35. The number of ether oxygens (including phenoxy) is 3. The highest BCUT2D eigenvalue weighted by Gasteiger charge is 2.62. The van der Waals surface area contributed by atoms with E-state index in [0.717, 1.165) is 25.7 Å². The second-order valence-electron chi connectivity index (χ2n) is 16.9. The van der Waals surface area contributed by atoms with Gasteiger partial charge in [0, 0.05) is 29.3 Å². The Morgan fingerprint density at radius 1 is 1.00 bits per heavy atom. The fraction of sp³-hybridized carbons (Fsp3) is 0.625. The molecule has 8 rings (SSSR count). The number of methoxy groups -OCH3 is 1. The van der Waals surface area contributed by atoms with Crippen molar-refractivity contribution in [3.8, 4) is 11.6 Å². The van der Waals surface area contributed by atoms with Gasteiger partial charge in [-0.2, -0.15) is 0 Å².